The Hall–Kier alpha value is -4.14. The number of anilines is 2. The van der Waals surface area contributed by atoms with Gasteiger partial charge in [-0.25, -0.2) is 0 Å². The van der Waals surface area contributed by atoms with Gasteiger partial charge in [-0.15, -0.1) is 0 Å². The largest absolute Gasteiger partial charge is 0.310 e. The van der Waals surface area contributed by atoms with E-state index in [2.05, 4.69) is 155 Å². The average Bonchev–Trinajstić information content (AvgIpc) is 2.97. The first-order valence-electron chi connectivity index (χ1n) is 13.6. The van der Waals surface area contributed by atoms with Gasteiger partial charge in [0.2, 0.25) is 0 Å². The molecule has 1 nitrogen and oxygen atoms in total. The summed E-state index contributed by atoms with van der Waals surface area (Å²) in [5.74, 6) is 0. The van der Waals surface area contributed by atoms with Crippen LogP contribution in [-0.4, -0.2) is 8.07 Å². The molecule has 39 heavy (non-hydrogen) atoms. The molecule has 4 aromatic rings. The quantitative estimate of drug-likeness (QED) is 0.155. The lowest BCUT2D eigenvalue weighted by Crippen LogP contribution is -2.37. The van der Waals surface area contributed by atoms with E-state index in [1.165, 1.54) is 27.4 Å². The van der Waals surface area contributed by atoms with Gasteiger partial charge in [-0.1, -0.05) is 129 Å². The van der Waals surface area contributed by atoms with E-state index in [4.69, 9.17) is 0 Å². The van der Waals surface area contributed by atoms with Crippen LogP contribution in [0.2, 0.25) is 19.6 Å². The van der Waals surface area contributed by atoms with Crippen LogP contribution in [0.1, 0.15) is 19.4 Å². The smallest absolute Gasteiger partial charge is 0.0775 e. The third kappa shape index (κ3) is 6.13. The van der Waals surface area contributed by atoms with Crippen LogP contribution in [-0.2, 0) is 0 Å². The van der Waals surface area contributed by atoms with Gasteiger partial charge in [0.15, 0.2) is 0 Å². The van der Waals surface area contributed by atoms with Crippen LogP contribution in [0.15, 0.2) is 140 Å². The van der Waals surface area contributed by atoms with Gasteiger partial charge in [-0.2, -0.15) is 0 Å². The molecule has 196 valence electrons. The standard InChI is InChI=1S/C37H39NSi/c1-8-28(9-2)36-27-32(31-19-24-35(25-20-31)39(5,6)7)21-26-37(36)38(33(10-3)11-4)34-22-17-30(18-23-34)29-15-13-12-14-16-29/h8-27H,1,3H2,2,4-7H3. The second-order valence-corrected chi connectivity index (χ2v) is 15.8. The van der Waals surface area contributed by atoms with Crippen LogP contribution < -0.4 is 10.1 Å². The van der Waals surface area contributed by atoms with Gasteiger partial charge < -0.3 is 4.90 Å². The van der Waals surface area contributed by atoms with Crippen molar-refractivity contribution >= 4 is 30.2 Å². The first-order chi connectivity index (χ1) is 18.8. The molecule has 0 saturated heterocycles. The van der Waals surface area contributed by atoms with E-state index in [1.54, 1.807) is 0 Å². The molecule has 0 unspecified atom stereocenters. The number of allylic oxidation sites excluding steroid dienone is 5. The summed E-state index contributed by atoms with van der Waals surface area (Å²) in [4.78, 5) is 2.28. The number of benzene rings is 4. The number of rotatable bonds is 9. The van der Waals surface area contributed by atoms with Crippen molar-refractivity contribution in [2.45, 2.75) is 33.5 Å². The maximum Gasteiger partial charge on any atom is 0.0775 e. The van der Waals surface area contributed by atoms with E-state index < -0.39 is 8.07 Å². The summed E-state index contributed by atoms with van der Waals surface area (Å²) < 4.78 is 0. The summed E-state index contributed by atoms with van der Waals surface area (Å²) in [5.41, 5.74) is 10.2. The van der Waals surface area contributed by atoms with Crippen molar-refractivity contribution in [1.82, 2.24) is 0 Å². The SMILES string of the molecule is C=CC(=CC)c1cc(-c2ccc([Si](C)(C)C)cc2)ccc1N(C(C=C)=CC)c1ccc(-c2ccccc2)cc1. The Morgan fingerprint density at radius 2 is 1.21 bits per heavy atom. The van der Waals surface area contributed by atoms with Gasteiger partial charge in [0.1, 0.15) is 0 Å². The minimum absolute atomic E-state index is 1.02. The molecule has 0 aliphatic carbocycles. The van der Waals surface area contributed by atoms with Gasteiger partial charge >= 0.3 is 0 Å². The molecule has 0 fully saturated rings. The lowest BCUT2D eigenvalue weighted by molar-refractivity contribution is 1.19. The van der Waals surface area contributed by atoms with Gasteiger partial charge in [0.25, 0.3) is 0 Å². The molecule has 0 bridgehead atoms. The van der Waals surface area contributed by atoms with E-state index in [9.17, 15) is 0 Å². The highest BCUT2D eigenvalue weighted by molar-refractivity contribution is 6.88. The van der Waals surface area contributed by atoms with Crippen LogP contribution in [0.5, 0.6) is 0 Å². The summed E-state index contributed by atoms with van der Waals surface area (Å²) in [6.07, 6.45) is 8.09. The summed E-state index contributed by atoms with van der Waals surface area (Å²) >= 11 is 0. The lowest BCUT2D eigenvalue weighted by atomic mass is 9.95. The first-order valence-corrected chi connectivity index (χ1v) is 17.1. The summed E-state index contributed by atoms with van der Waals surface area (Å²) in [7, 11) is -1.35. The molecule has 0 atom stereocenters. The van der Waals surface area contributed by atoms with Crippen molar-refractivity contribution in [3.8, 4) is 22.3 Å². The fourth-order valence-electron chi connectivity index (χ4n) is 4.89. The molecular weight excluding hydrogens is 487 g/mol. The Kier molecular flexibility index (Phi) is 8.68. The predicted molar refractivity (Wildman–Crippen MR) is 177 cm³/mol. The highest BCUT2D eigenvalue weighted by Gasteiger charge is 2.19. The van der Waals surface area contributed by atoms with E-state index >= 15 is 0 Å². The van der Waals surface area contributed by atoms with Gasteiger partial charge in [-0.05, 0) is 72.0 Å². The highest BCUT2D eigenvalue weighted by atomic mass is 28.3. The minimum Gasteiger partial charge on any atom is -0.310 e. The molecule has 0 spiro atoms. The highest BCUT2D eigenvalue weighted by Crippen LogP contribution is 2.39. The van der Waals surface area contributed by atoms with E-state index in [0.29, 0.717) is 0 Å². The number of hydrogen-bond donors (Lipinski definition) is 0. The molecule has 4 rings (SSSR count). The maximum atomic E-state index is 4.14. The summed E-state index contributed by atoms with van der Waals surface area (Å²) in [5, 5.41) is 1.47. The average molecular weight is 526 g/mol. The fourth-order valence-corrected chi connectivity index (χ4v) is 6.05. The Morgan fingerprint density at radius 1 is 0.641 bits per heavy atom. The molecule has 0 heterocycles. The molecule has 4 aromatic carbocycles. The Morgan fingerprint density at radius 3 is 1.74 bits per heavy atom. The molecule has 0 aromatic heterocycles. The molecule has 0 aliphatic heterocycles. The first kappa shape index (κ1) is 27.9. The molecule has 0 aliphatic rings. The molecule has 0 amide bonds. The maximum absolute atomic E-state index is 4.14. The van der Waals surface area contributed by atoms with Crippen LogP contribution in [0.25, 0.3) is 27.8 Å². The van der Waals surface area contributed by atoms with Crippen molar-refractivity contribution in [3.05, 3.63) is 146 Å². The van der Waals surface area contributed by atoms with Crippen molar-refractivity contribution in [2.24, 2.45) is 0 Å². The summed E-state index contributed by atoms with van der Waals surface area (Å²) in [6, 6.07) is 35.1. The topological polar surface area (TPSA) is 3.24 Å². The van der Waals surface area contributed by atoms with Crippen molar-refractivity contribution in [1.29, 1.82) is 0 Å². The Labute approximate surface area is 236 Å². The lowest BCUT2D eigenvalue weighted by Gasteiger charge is -2.29. The number of hydrogen-bond acceptors (Lipinski definition) is 1. The van der Waals surface area contributed by atoms with Crippen molar-refractivity contribution in [3.63, 3.8) is 0 Å². The molecular formula is C37H39NSi. The second-order valence-electron chi connectivity index (χ2n) is 10.7. The Balaban J connectivity index is 1.85. The minimum atomic E-state index is -1.35. The zero-order chi connectivity index (χ0) is 28.0. The van der Waals surface area contributed by atoms with Crippen LogP contribution >= 0.6 is 0 Å². The van der Waals surface area contributed by atoms with E-state index in [-0.39, 0.29) is 0 Å². The van der Waals surface area contributed by atoms with Gasteiger partial charge in [0.05, 0.1) is 13.8 Å². The van der Waals surface area contributed by atoms with Crippen molar-refractivity contribution < 1.29 is 0 Å². The molecule has 0 radical (unpaired) electrons. The monoisotopic (exact) mass is 525 g/mol. The fraction of sp³-hybridized carbons (Fsp3) is 0.135. The van der Waals surface area contributed by atoms with E-state index in [0.717, 1.165) is 28.2 Å². The van der Waals surface area contributed by atoms with E-state index in [1.807, 2.05) is 18.2 Å². The summed E-state index contributed by atoms with van der Waals surface area (Å²) in [6.45, 7) is 19.6. The normalized spacial score (nSPS) is 12.2. The second kappa shape index (κ2) is 12.1. The van der Waals surface area contributed by atoms with Gasteiger partial charge in [0, 0.05) is 16.9 Å². The number of nitrogens with zero attached hydrogens (tertiary/aromatic N) is 1. The Bertz CT molecular complexity index is 1500. The van der Waals surface area contributed by atoms with Crippen LogP contribution in [0.4, 0.5) is 11.4 Å². The molecule has 0 N–H and O–H groups in total. The van der Waals surface area contributed by atoms with Crippen molar-refractivity contribution in [2.75, 3.05) is 4.90 Å². The van der Waals surface area contributed by atoms with Gasteiger partial charge in [-0.3, -0.25) is 0 Å². The zero-order valence-corrected chi connectivity index (χ0v) is 24.9. The zero-order valence-electron chi connectivity index (χ0n) is 23.9. The third-order valence-corrected chi connectivity index (χ3v) is 9.22. The third-order valence-electron chi connectivity index (χ3n) is 7.16. The van der Waals surface area contributed by atoms with Crippen LogP contribution in [0, 0.1) is 0 Å². The predicted octanol–water partition coefficient (Wildman–Crippen LogP) is 10.4. The van der Waals surface area contributed by atoms with Crippen LogP contribution in [0.3, 0.4) is 0 Å². The molecule has 0 saturated carbocycles. The molecule has 2 heteroatoms.